The quantitative estimate of drug-likeness (QED) is 0.714. The normalized spacial score (nSPS) is 12.2. The van der Waals surface area contributed by atoms with Crippen molar-refractivity contribution in [3.8, 4) is 11.5 Å². The van der Waals surface area contributed by atoms with Crippen molar-refractivity contribution in [1.29, 1.82) is 0 Å². The Kier molecular flexibility index (Phi) is 7.07. The number of benzene rings is 1. The van der Waals surface area contributed by atoms with Crippen LogP contribution in [0, 0.1) is 5.41 Å². The lowest BCUT2D eigenvalue weighted by atomic mass is 9.90. The van der Waals surface area contributed by atoms with E-state index in [9.17, 15) is 9.59 Å². The van der Waals surface area contributed by atoms with Crippen LogP contribution in [0.5, 0.6) is 11.5 Å². The summed E-state index contributed by atoms with van der Waals surface area (Å²) >= 11 is 0. The van der Waals surface area contributed by atoms with Gasteiger partial charge in [-0.2, -0.15) is 0 Å². The van der Waals surface area contributed by atoms with Gasteiger partial charge in [0.1, 0.15) is 5.41 Å². The van der Waals surface area contributed by atoms with Gasteiger partial charge in [-0.15, -0.1) is 0 Å². The summed E-state index contributed by atoms with van der Waals surface area (Å²) in [5.41, 5.74) is -0.279. The standard InChI is InChI=1S/C18H28N2O4/c1-7-12(2)20-17(22)18(3,4)16(21)19-11-13-8-9-14(23-5)15(10-13)24-6/h8-10,12H,7,11H2,1-6H3,(H,19,21)(H,20,22). The van der Waals surface area contributed by atoms with E-state index in [2.05, 4.69) is 10.6 Å². The SMILES string of the molecule is CCC(C)NC(=O)C(C)(C)C(=O)NCc1ccc(OC)c(OC)c1. The van der Waals surface area contributed by atoms with Gasteiger partial charge in [0.15, 0.2) is 11.5 Å². The van der Waals surface area contributed by atoms with Crippen molar-refractivity contribution < 1.29 is 19.1 Å². The van der Waals surface area contributed by atoms with Crippen LogP contribution in [0.1, 0.15) is 39.7 Å². The second kappa shape index (κ2) is 8.57. The highest BCUT2D eigenvalue weighted by Crippen LogP contribution is 2.27. The van der Waals surface area contributed by atoms with Crippen LogP contribution in [0.15, 0.2) is 18.2 Å². The van der Waals surface area contributed by atoms with Crippen LogP contribution in [0.2, 0.25) is 0 Å². The summed E-state index contributed by atoms with van der Waals surface area (Å²) in [7, 11) is 3.13. The molecule has 0 saturated heterocycles. The summed E-state index contributed by atoms with van der Waals surface area (Å²) in [6.45, 7) is 7.44. The second-order valence-electron chi connectivity index (χ2n) is 6.28. The van der Waals surface area contributed by atoms with Crippen LogP contribution in [0.25, 0.3) is 0 Å². The van der Waals surface area contributed by atoms with E-state index in [0.717, 1.165) is 12.0 Å². The van der Waals surface area contributed by atoms with Crippen molar-refractivity contribution in [2.75, 3.05) is 14.2 Å². The fraction of sp³-hybridized carbons (Fsp3) is 0.556. The summed E-state index contributed by atoms with van der Waals surface area (Å²) in [5.74, 6) is 0.624. The first-order valence-electron chi connectivity index (χ1n) is 8.06. The third-order valence-corrected chi connectivity index (χ3v) is 4.03. The highest BCUT2D eigenvalue weighted by molar-refractivity contribution is 6.04. The number of carbonyl (C=O) groups excluding carboxylic acids is 2. The molecular weight excluding hydrogens is 308 g/mol. The number of ether oxygens (including phenoxy) is 2. The van der Waals surface area contributed by atoms with Crippen molar-refractivity contribution >= 4 is 11.8 Å². The molecule has 0 saturated carbocycles. The van der Waals surface area contributed by atoms with E-state index in [-0.39, 0.29) is 17.9 Å². The van der Waals surface area contributed by atoms with Crippen LogP contribution >= 0.6 is 0 Å². The van der Waals surface area contributed by atoms with Gasteiger partial charge in [0, 0.05) is 12.6 Å². The first-order chi connectivity index (χ1) is 11.3. The van der Waals surface area contributed by atoms with Gasteiger partial charge in [-0.05, 0) is 44.9 Å². The molecule has 6 heteroatoms. The van der Waals surface area contributed by atoms with E-state index in [1.165, 1.54) is 0 Å². The fourth-order valence-corrected chi connectivity index (χ4v) is 2.00. The number of amides is 2. The van der Waals surface area contributed by atoms with Crippen molar-refractivity contribution in [2.45, 2.75) is 46.7 Å². The Morgan fingerprint density at radius 1 is 1.12 bits per heavy atom. The van der Waals surface area contributed by atoms with Crippen molar-refractivity contribution in [1.82, 2.24) is 10.6 Å². The Bertz CT molecular complexity index is 584. The molecular formula is C18H28N2O4. The lowest BCUT2D eigenvalue weighted by Gasteiger charge is -2.24. The minimum atomic E-state index is -1.14. The molecule has 1 unspecified atom stereocenters. The number of hydrogen-bond acceptors (Lipinski definition) is 4. The Morgan fingerprint density at radius 2 is 1.75 bits per heavy atom. The molecule has 0 fully saturated rings. The predicted octanol–water partition coefficient (Wildman–Crippen LogP) is 2.26. The van der Waals surface area contributed by atoms with Crippen LogP contribution in [-0.2, 0) is 16.1 Å². The van der Waals surface area contributed by atoms with Gasteiger partial charge < -0.3 is 20.1 Å². The molecule has 134 valence electrons. The molecule has 1 atom stereocenters. The van der Waals surface area contributed by atoms with E-state index >= 15 is 0 Å². The minimum absolute atomic E-state index is 0.0374. The average molecular weight is 336 g/mol. The molecule has 24 heavy (non-hydrogen) atoms. The van der Waals surface area contributed by atoms with Crippen LogP contribution in [0.3, 0.4) is 0 Å². The molecule has 1 aromatic rings. The lowest BCUT2D eigenvalue weighted by Crippen LogP contribution is -2.49. The molecule has 0 aliphatic carbocycles. The molecule has 0 heterocycles. The highest BCUT2D eigenvalue weighted by Gasteiger charge is 2.36. The predicted molar refractivity (Wildman–Crippen MR) is 93.1 cm³/mol. The maximum atomic E-state index is 12.4. The molecule has 0 bridgehead atoms. The van der Waals surface area contributed by atoms with Gasteiger partial charge in [0.2, 0.25) is 11.8 Å². The molecule has 0 aliphatic rings. The van der Waals surface area contributed by atoms with Gasteiger partial charge in [-0.3, -0.25) is 9.59 Å². The Labute approximate surface area is 143 Å². The van der Waals surface area contributed by atoms with Crippen LogP contribution < -0.4 is 20.1 Å². The first-order valence-corrected chi connectivity index (χ1v) is 8.06. The smallest absolute Gasteiger partial charge is 0.235 e. The molecule has 1 aromatic carbocycles. The van der Waals surface area contributed by atoms with Gasteiger partial charge in [0.25, 0.3) is 0 Å². The van der Waals surface area contributed by atoms with E-state index < -0.39 is 5.41 Å². The molecule has 0 spiro atoms. The first kappa shape index (κ1) is 19.8. The molecule has 0 radical (unpaired) electrons. The number of hydrogen-bond donors (Lipinski definition) is 2. The average Bonchev–Trinajstić information content (AvgIpc) is 2.58. The molecule has 2 amide bonds. The molecule has 6 nitrogen and oxygen atoms in total. The molecule has 1 rings (SSSR count). The summed E-state index contributed by atoms with van der Waals surface area (Å²) in [6, 6.07) is 5.45. The third kappa shape index (κ3) is 4.88. The summed E-state index contributed by atoms with van der Waals surface area (Å²) in [4.78, 5) is 24.7. The molecule has 0 aliphatic heterocycles. The maximum absolute atomic E-state index is 12.4. The van der Waals surface area contributed by atoms with E-state index in [0.29, 0.717) is 18.0 Å². The number of rotatable bonds is 8. The summed E-state index contributed by atoms with van der Waals surface area (Å²) in [5, 5.41) is 5.65. The Hall–Kier alpha value is -2.24. The van der Waals surface area contributed by atoms with Gasteiger partial charge in [-0.1, -0.05) is 13.0 Å². The minimum Gasteiger partial charge on any atom is -0.493 e. The van der Waals surface area contributed by atoms with Crippen LogP contribution in [0.4, 0.5) is 0 Å². The van der Waals surface area contributed by atoms with Crippen molar-refractivity contribution in [3.63, 3.8) is 0 Å². The van der Waals surface area contributed by atoms with Crippen molar-refractivity contribution in [2.24, 2.45) is 5.41 Å². The zero-order chi connectivity index (χ0) is 18.3. The van der Waals surface area contributed by atoms with Gasteiger partial charge in [-0.25, -0.2) is 0 Å². The van der Waals surface area contributed by atoms with E-state index in [1.807, 2.05) is 19.9 Å². The van der Waals surface area contributed by atoms with E-state index in [1.54, 1.807) is 40.2 Å². The Balaban J connectivity index is 2.72. The number of methoxy groups -OCH3 is 2. The molecule has 2 N–H and O–H groups in total. The summed E-state index contributed by atoms with van der Waals surface area (Å²) in [6.07, 6.45) is 0.815. The zero-order valence-corrected chi connectivity index (χ0v) is 15.4. The topological polar surface area (TPSA) is 76.7 Å². The number of nitrogens with one attached hydrogen (secondary N) is 2. The largest absolute Gasteiger partial charge is 0.493 e. The highest BCUT2D eigenvalue weighted by atomic mass is 16.5. The second-order valence-corrected chi connectivity index (χ2v) is 6.28. The fourth-order valence-electron chi connectivity index (χ4n) is 2.00. The van der Waals surface area contributed by atoms with Gasteiger partial charge in [0.05, 0.1) is 14.2 Å². The monoisotopic (exact) mass is 336 g/mol. The molecule has 0 aromatic heterocycles. The third-order valence-electron chi connectivity index (χ3n) is 4.03. The Morgan fingerprint density at radius 3 is 2.29 bits per heavy atom. The maximum Gasteiger partial charge on any atom is 0.235 e. The summed E-state index contributed by atoms with van der Waals surface area (Å²) < 4.78 is 10.4. The van der Waals surface area contributed by atoms with Crippen LogP contribution in [-0.4, -0.2) is 32.1 Å². The zero-order valence-electron chi connectivity index (χ0n) is 15.4. The number of carbonyl (C=O) groups is 2. The van der Waals surface area contributed by atoms with E-state index in [4.69, 9.17) is 9.47 Å². The van der Waals surface area contributed by atoms with Gasteiger partial charge >= 0.3 is 0 Å². The lowest BCUT2D eigenvalue weighted by molar-refractivity contribution is -0.141. The van der Waals surface area contributed by atoms with Crippen molar-refractivity contribution in [3.05, 3.63) is 23.8 Å².